The summed E-state index contributed by atoms with van der Waals surface area (Å²) in [5.41, 5.74) is 0. The smallest absolute Gasteiger partial charge is 0.220 e. The standard InChI is InChI=1S/C56H101NO8/c1-3-5-7-9-11-13-15-17-19-20-21-22-23-24-25-26-27-28-29-30-32-33-35-37-39-41-43-45-50(59)49(48-64-56-55(63)54(62)53(61)51(47-58)65-56)57-52(60)46-44-42-40-38-36-34-31-18-16-14-12-10-8-6-4-2/h6,8,12,14,18,31,36,38,43,45,49-51,53-56,58-59,61-63H,3-5,7,9-11,13,15-17,19-30,32-35,37,39-42,44,46-48H2,1-2H3,(H,57,60)/b8-6-,14-12-,31-18-,38-36-,45-43+. The maximum Gasteiger partial charge on any atom is 0.220 e. The maximum atomic E-state index is 13.0. The van der Waals surface area contributed by atoms with Crippen molar-refractivity contribution in [3.05, 3.63) is 60.8 Å². The number of rotatable bonds is 45. The highest BCUT2D eigenvalue weighted by molar-refractivity contribution is 5.76. The highest BCUT2D eigenvalue weighted by Crippen LogP contribution is 2.23. The summed E-state index contributed by atoms with van der Waals surface area (Å²) in [5, 5.41) is 54.3. The molecule has 6 N–H and O–H groups in total. The van der Waals surface area contributed by atoms with E-state index in [0.29, 0.717) is 12.8 Å². The average molecular weight is 916 g/mol. The minimum atomic E-state index is -1.58. The summed E-state index contributed by atoms with van der Waals surface area (Å²) in [6, 6.07) is -0.829. The molecule has 0 radical (unpaired) electrons. The van der Waals surface area contributed by atoms with Crippen molar-refractivity contribution in [3.63, 3.8) is 0 Å². The monoisotopic (exact) mass is 916 g/mol. The number of carbonyl (C=O) groups excluding carboxylic acids is 1. The highest BCUT2D eigenvalue weighted by atomic mass is 16.7. The van der Waals surface area contributed by atoms with Gasteiger partial charge < -0.3 is 40.3 Å². The molecule has 1 fully saturated rings. The molecular weight excluding hydrogens is 815 g/mol. The van der Waals surface area contributed by atoms with Crippen molar-refractivity contribution in [1.29, 1.82) is 0 Å². The molecule has 1 aliphatic heterocycles. The number of aliphatic hydroxyl groups excluding tert-OH is 5. The van der Waals surface area contributed by atoms with Crippen LogP contribution in [0.15, 0.2) is 60.8 Å². The second-order valence-corrected chi connectivity index (χ2v) is 18.6. The Balaban J connectivity index is 2.25. The van der Waals surface area contributed by atoms with E-state index in [1.807, 2.05) is 6.08 Å². The largest absolute Gasteiger partial charge is 0.394 e. The summed E-state index contributed by atoms with van der Waals surface area (Å²) in [6.45, 7) is 3.65. The van der Waals surface area contributed by atoms with Gasteiger partial charge in [0.05, 0.1) is 25.4 Å². The zero-order valence-corrected chi connectivity index (χ0v) is 41.7. The van der Waals surface area contributed by atoms with Crippen LogP contribution in [0.2, 0.25) is 0 Å². The van der Waals surface area contributed by atoms with Crippen LogP contribution in [-0.2, 0) is 14.3 Å². The first-order chi connectivity index (χ1) is 31.8. The van der Waals surface area contributed by atoms with Gasteiger partial charge in [0.25, 0.3) is 0 Å². The highest BCUT2D eigenvalue weighted by Gasteiger charge is 2.44. The predicted octanol–water partition coefficient (Wildman–Crippen LogP) is 12.7. The Hall–Kier alpha value is -2.11. The summed E-state index contributed by atoms with van der Waals surface area (Å²) >= 11 is 0. The van der Waals surface area contributed by atoms with Gasteiger partial charge in [-0.15, -0.1) is 0 Å². The first kappa shape index (κ1) is 60.9. The van der Waals surface area contributed by atoms with Crippen LogP contribution in [0.25, 0.3) is 0 Å². The van der Waals surface area contributed by atoms with Gasteiger partial charge in [-0.25, -0.2) is 0 Å². The van der Waals surface area contributed by atoms with Crippen LogP contribution in [0.4, 0.5) is 0 Å². The fourth-order valence-corrected chi connectivity index (χ4v) is 8.32. The maximum absolute atomic E-state index is 13.0. The number of unbranched alkanes of at least 4 members (excludes halogenated alkanes) is 27. The van der Waals surface area contributed by atoms with Crippen LogP contribution in [-0.4, -0.2) is 87.5 Å². The minimum absolute atomic E-state index is 0.207. The summed E-state index contributed by atoms with van der Waals surface area (Å²) in [4.78, 5) is 13.0. The number of hydrogen-bond donors (Lipinski definition) is 6. The molecule has 0 bridgehead atoms. The topological polar surface area (TPSA) is 149 Å². The Bertz CT molecular complexity index is 1200. The molecule has 0 aromatic carbocycles. The fraction of sp³-hybridized carbons (Fsp3) is 0.804. The van der Waals surface area contributed by atoms with Gasteiger partial charge in [-0.3, -0.25) is 4.79 Å². The van der Waals surface area contributed by atoms with Crippen molar-refractivity contribution < 1.29 is 39.8 Å². The predicted molar refractivity (Wildman–Crippen MR) is 272 cm³/mol. The molecule has 0 aromatic heterocycles. The first-order valence-corrected chi connectivity index (χ1v) is 27.0. The van der Waals surface area contributed by atoms with Gasteiger partial charge in [-0.05, 0) is 57.8 Å². The SMILES string of the molecule is CC/C=C\C/C=C\C/C=C\C/C=C\CCCCC(=O)NC(COC1OC(CO)C(O)C(O)C1O)C(O)/C=C/CCCCCCCCCCCCCCCCCCCCCCCCCCC. The van der Waals surface area contributed by atoms with Crippen LogP contribution in [0.5, 0.6) is 0 Å². The van der Waals surface area contributed by atoms with E-state index in [9.17, 15) is 30.3 Å². The number of hydrogen-bond acceptors (Lipinski definition) is 8. The number of ether oxygens (including phenoxy) is 2. The van der Waals surface area contributed by atoms with Gasteiger partial charge in [0, 0.05) is 6.42 Å². The Morgan fingerprint density at radius 1 is 0.538 bits per heavy atom. The average Bonchev–Trinajstić information content (AvgIpc) is 3.31. The Kier molecular flexibility index (Phi) is 42.8. The summed E-state index contributed by atoms with van der Waals surface area (Å²) < 4.78 is 11.2. The molecule has 0 aliphatic carbocycles. The van der Waals surface area contributed by atoms with E-state index in [-0.39, 0.29) is 12.5 Å². The molecule has 1 amide bonds. The third-order valence-corrected chi connectivity index (χ3v) is 12.6. The van der Waals surface area contributed by atoms with Gasteiger partial charge in [0.1, 0.15) is 24.4 Å². The molecule has 1 rings (SSSR count). The molecule has 0 saturated carbocycles. The second-order valence-electron chi connectivity index (χ2n) is 18.6. The van der Waals surface area contributed by atoms with E-state index in [4.69, 9.17) is 9.47 Å². The quantitative estimate of drug-likeness (QED) is 0.0261. The summed E-state index contributed by atoms with van der Waals surface area (Å²) in [5.74, 6) is -0.217. The van der Waals surface area contributed by atoms with E-state index in [1.165, 1.54) is 148 Å². The van der Waals surface area contributed by atoms with Crippen LogP contribution >= 0.6 is 0 Å². The van der Waals surface area contributed by atoms with Gasteiger partial charge in [0.2, 0.25) is 5.91 Å². The summed E-state index contributed by atoms with van der Waals surface area (Å²) in [7, 11) is 0. The molecule has 7 unspecified atom stereocenters. The van der Waals surface area contributed by atoms with Crippen molar-refractivity contribution >= 4 is 5.91 Å². The summed E-state index contributed by atoms with van der Waals surface area (Å²) in [6.07, 6.45) is 54.4. The van der Waals surface area contributed by atoms with Gasteiger partial charge in [-0.1, -0.05) is 229 Å². The molecule has 0 spiro atoms. The number of amides is 1. The molecule has 1 aliphatic rings. The molecule has 1 heterocycles. The zero-order chi connectivity index (χ0) is 47.3. The molecule has 378 valence electrons. The van der Waals surface area contributed by atoms with Crippen molar-refractivity contribution in [2.24, 2.45) is 0 Å². The van der Waals surface area contributed by atoms with E-state index in [2.05, 4.69) is 67.8 Å². The lowest BCUT2D eigenvalue weighted by Gasteiger charge is -2.40. The third-order valence-electron chi connectivity index (χ3n) is 12.6. The van der Waals surface area contributed by atoms with Crippen molar-refractivity contribution in [3.8, 4) is 0 Å². The number of aliphatic hydroxyl groups is 5. The third kappa shape index (κ3) is 35.7. The Morgan fingerprint density at radius 2 is 0.954 bits per heavy atom. The molecule has 1 saturated heterocycles. The lowest BCUT2D eigenvalue weighted by molar-refractivity contribution is -0.302. The van der Waals surface area contributed by atoms with Crippen LogP contribution in [0, 0.1) is 0 Å². The molecular formula is C56H101NO8. The first-order valence-electron chi connectivity index (χ1n) is 27.0. The Morgan fingerprint density at radius 3 is 1.42 bits per heavy atom. The van der Waals surface area contributed by atoms with Gasteiger partial charge in [0.15, 0.2) is 6.29 Å². The van der Waals surface area contributed by atoms with Crippen molar-refractivity contribution in [2.75, 3.05) is 13.2 Å². The van der Waals surface area contributed by atoms with Gasteiger partial charge >= 0.3 is 0 Å². The molecule has 9 heteroatoms. The Labute approximate surface area is 398 Å². The zero-order valence-electron chi connectivity index (χ0n) is 41.7. The fourth-order valence-electron chi connectivity index (χ4n) is 8.32. The minimum Gasteiger partial charge on any atom is -0.394 e. The molecule has 65 heavy (non-hydrogen) atoms. The van der Waals surface area contributed by atoms with Gasteiger partial charge in [-0.2, -0.15) is 0 Å². The van der Waals surface area contributed by atoms with E-state index in [0.717, 1.165) is 57.8 Å². The number of carbonyl (C=O) groups is 1. The molecule has 9 nitrogen and oxygen atoms in total. The van der Waals surface area contributed by atoms with E-state index >= 15 is 0 Å². The van der Waals surface area contributed by atoms with Crippen molar-refractivity contribution in [1.82, 2.24) is 5.32 Å². The van der Waals surface area contributed by atoms with Crippen molar-refractivity contribution in [2.45, 2.75) is 275 Å². The van der Waals surface area contributed by atoms with Crippen LogP contribution in [0.1, 0.15) is 232 Å². The normalized spacial score (nSPS) is 20.4. The lowest BCUT2D eigenvalue weighted by atomic mass is 9.99. The van der Waals surface area contributed by atoms with Crippen LogP contribution < -0.4 is 5.32 Å². The van der Waals surface area contributed by atoms with Crippen LogP contribution in [0.3, 0.4) is 0 Å². The molecule has 7 atom stereocenters. The molecule has 0 aromatic rings. The number of nitrogens with one attached hydrogen (secondary N) is 1. The van der Waals surface area contributed by atoms with E-state index in [1.54, 1.807) is 6.08 Å². The van der Waals surface area contributed by atoms with E-state index < -0.39 is 49.5 Å². The lowest BCUT2D eigenvalue weighted by Crippen LogP contribution is -2.60. The number of allylic oxidation sites excluding steroid dienone is 9. The second kappa shape index (κ2) is 45.7.